The molecular weight excluding hydrogens is 668 g/mol. The number of carbonyl (C=O) groups excluding carboxylic acids is 3. The molecule has 2 amide bonds. The summed E-state index contributed by atoms with van der Waals surface area (Å²) >= 11 is 0. The number of hydrogen-bond acceptors (Lipinski definition) is 6. The molecule has 53 heavy (non-hydrogen) atoms. The molecule has 0 rings (SSSR count). The SMILES string of the molecule is CC/C=C\C/C=C\C/C=C\C/C=C\C/C=C\C/C=C\C/C=C\CCCC(=O)OC(/C=C\CCC)CCCCCCC(=O)NCC(=O)NC(CO)C(=O)O. The maximum absolute atomic E-state index is 12.5. The highest BCUT2D eigenvalue weighted by Gasteiger charge is 2.18. The molecule has 0 aliphatic carbocycles. The maximum atomic E-state index is 12.5. The van der Waals surface area contributed by atoms with Crippen LogP contribution < -0.4 is 10.6 Å². The van der Waals surface area contributed by atoms with Gasteiger partial charge < -0.3 is 25.6 Å². The van der Waals surface area contributed by atoms with Crippen LogP contribution >= 0.6 is 0 Å². The van der Waals surface area contributed by atoms with Crippen molar-refractivity contribution in [3.63, 3.8) is 0 Å². The zero-order valence-corrected chi connectivity index (χ0v) is 32.5. The Kier molecular flexibility index (Phi) is 34.5. The molecule has 0 saturated carbocycles. The van der Waals surface area contributed by atoms with E-state index in [1.807, 2.05) is 6.08 Å². The number of carbonyl (C=O) groups is 4. The molecule has 0 aliphatic rings. The van der Waals surface area contributed by atoms with Gasteiger partial charge in [0, 0.05) is 12.8 Å². The number of carboxylic acid groups (broad SMARTS) is 1. The monoisotopic (exact) mass is 737 g/mol. The maximum Gasteiger partial charge on any atom is 0.328 e. The molecule has 0 heterocycles. The normalized spacial score (nSPS) is 13.6. The van der Waals surface area contributed by atoms with Crippen molar-refractivity contribution in [2.45, 2.75) is 142 Å². The van der Waals surface area contributed by atoms with Crippen molar-refractivity contribution in [1.29, 1.82) is 0 Å². The van der Waals surface area contributed by atoms with Crippen LogP contribution in [0.2, 0.25) is 0 Å². The van der Waals surface area contributed by atoms with Crippen molar-refractivity contribution in [3.05, 3.63) is 97.2 Å². The van der Waals surface area contributed by atoms with E-state index in [4.69, 9.17) is 14.9 Å². The molecule has 0 aromatic rings. The van der Waals surface area contributed by atoms with Crippen molar-refractivity contribution in [2.24, 2.45) is 0 Å². The molecule has 0 spiro atoms. The highest BCUT2D eigenvalue weighted by atomic mass is 16.5. The van der Waals surface area contributed by atoms with Crippen LogP contribution in [0.25, 0.3) is 0 Å². The molecule has 0 saturated heterocycles. The molecule has 0 aliphatic heterocycles. The minimum Gasteiger partial charge on any atom is -0.480 e. The van der Waals surface area contributed by atoms with Gasteiger partial charge >= 0.3 is 11.9 Å². The second kappa shape index (κ2) is 37.5. The Labute approximate surface area is 319 Å². The van der Waals surface area contributed by atoms with E-state index < -0.39 is 24.5 Å². The minimum atomic E-state index is -1.40. The van der Waals surface area contributed by atoms with Crippen molar-refractivity contribution >= 4 is 23.8 Å². The second-order valence-electron chi connectivity index (χ2n) is 12.6. The van der Waals surface area contributed by atoms with Crippen LogP contribution in [0.1, 0.15) is 129 Å². The Balaban J connectivity index is 4.08. The predicted octanol–water partition coefficient (Wildman–Crippen LogP) is 9.09. The van der Waals surface area contributed by atoms with Gasteiger partial charge in [0.25, 0.3) is 0 Å². The van der Waals surface area contributed by atoms with E-state index in [1.165, 1.54) is 0 Å². The molecule has 296 valence electrons. The minimum absolute atomic E-state index is 0.184. The van der Waals surface area contributed by atoms with Gasteiger partial charge in [0.15, 0.2) is 0 Å². The fourth-order valence-corrected chi connectivity index (χ4v) is 4.79. The van der Waals surface area contributed by atoms with Gasteiger partial charge in [0.1, 0.15) is 12.1 Å². The third kappa shape index (κ3) is 34.6. The summed E-state index contributed by atoms with van der Waals surface area (Å²) in [6.45, 7) is 3.18. The third-order valence-electron chi connectivity index (χ3n) is 7.78. The van der Waals surface area contributed by atoms with E-state index >= 15 is 0 Å². The first-order chi connectivity index (χ1) is 25.8. The topological polar surface area (TPSA) is 142 Å². The fraction of sp³-hybridized carbons (Fsp3) is 0.545. The Bertz CT molecular complexity index is 1210. The largest absolute Gasteiger partial charge is 0.480 e. The van der Waals surface area contributed by atoms with Crippen LogP contribution in [0.5, 0.6) is 0 Å². The molecule has 9 nitrogen and oxygen atoms in total. The molecule has 0 radical (unpaired) electrons. The molecule has 0 aromatic carbocycles. The molecule has 0 fully saturated rings. The number of unbranched alkanes of at least 4 members (excludes halogenated alkanes) is 5. The van der Waals surface area contributed by atoms with Crippen molar-refractivity contribution in [3.8, 4) is 0 Å². The Morgan fingerprint density at radius 1 is 0.604 bits per heavy atom. The lowest BCUT2D eigenvalue weighted by atomic mass is 10.1. The van der Waals surface area contributed by atoms with Crippen LogP contribution in [0.15, 0.2) is 97.2 Å². The molecule has 2 unspecified atom stereocenters. The standard InChI is InChI=1S/C44H68N2O7/c1-3-5-7-8-9-10-11-12-13-14-15-16-17-18-19-20-21-22-23-24-25-26-32-36-43(50)53-39(33-29-6-4-2)34-30-27-28-31-35-41(48)45-37-42(49)46-40(38-47)44(51)52/h5,7,9-10,12-13,15-16,18-19,21-22,24-25,29,33,39-40,47H,3-4,6,8,11,14,17,20,23,26-28,30-32,34-38H2,1-2H3,(H,45,48)(H,46,49)(H,51,52)/b7-5-,10-9-,13-12-,16-15-,19-18-,22-21-,25-24-,33-29-. The summed E-state index contributed by atoms with van der Waals surface area (Å²) in [4.78, 5) is 47.1. The van der Waals surface area contributed by atoms with Crippen molar-refractivity contribution < 1.29 is 34.1 Å². The van der Waals surface area contributed by atoms with E-state index in [2.05, 4.69) is 116 Å². The average Bonchev–Trinajstić information content (AvgIpc) is 3.14. The summed E-state index contributed by atoms with van der Waals surface area (Å²) in [5.74, 6) is -2.50. The van der Waals surface area contributed by atoms with Crippen LogP contribution in [-0.2, 0) is 23.9 Å². The number of amides is 2. The second-order valence-corrected chi connectivity index (χ2v) is 12.6. The Hall–Kier alpha value is -4.24. The van der Waals surface area contributed by atoms with Crippen LogP contribution in [-0.4, -0.2) is 59.3 Å². The van der Waals surface area contributed by atoms with E-state index in [0.717, 1.165) is 96.3 Å². The van der Waals surface area contributed by atoms with E-state index in [-0.39, 0.29) is 30.9 Å². The molecule has 4 N–H and O–H groups in total. The average molecular weight is 737 g/mol. The number of aliphatic hydroxyl groups excluding tert-OH is 1. The van der Waals surface area contributed by atoms with Gasteiger partial charge in [-0.15, -0.1) is 0 Å². The summed E-state index contributed by atoms with van der Waals surface area (Å²) in [6.07, 6.45) is 49.3. The van der Waals surface area contributed by atoms with Gasteiger partial charge in [-0.2, -0.15) is 0 Å². The number of aliphatic carboxylic acids is 1. The summed E-state index contributed by atoms with van der Waals surface area (Å²) in [5.41, 5.74) is 0. The zero-order chi connectivity index (χ0) is 39.0. The Morgan fingerprint density at radius 2 is 1.13 bits per heavy atom. The van der Waals surface area contributed by atoms with Crippen LogP contribution in [0, 0.1) is 0 Å². The first-order valence-corrected chi connectivity index (χ1v) is 19.6. The van der Waals surface area contributed by atoms with Gasteiger partial charge in [0.05, 0.1) is 13.2 Å². The predicted molar refractivity (Wildman–Crippen MR) is 217 cm³/mol. The van der Waals surface area contributed by atoms with Gasteiger partial charge in [-0.05, 0) is 89.5 Å². The van der Waals surface area contributed by atoms with Crippen molar-refractivity contribution in [1.82, 2.24) is 10.6 Å². The number of hydrogen-bond donors (Lipinski definition) is 4. The Morgan fingerprint density at radius 3 is 1.64 bits per heavy atom. The number of allylic oxidation sites excluding steroid dienone is 15. The third-order valence-corrected chi connectivity index (χ3v) is 7.78. The summed E-state index contributed by atoms with van der Waals surface area (Å²) in [5, 5.41) is 22.4. The van der Waals surface area contributed by atoms with Gasteiger partial charge in [-0.25, -0.2) is 4.79 Å². The quantitative estimate of drug-likeness (QED) is 0.0299. The smallest absolute Gasteiger partial charge is 0.328 e. The molecule has 9 heteroatoms. The van der Waals surface area contributed by atoms with E-state index in [0.29, 0.717) is 12.8 Å². The van der Waals surface area contributed by atoms with Gasteiger partial charge in [-0.3, -0.25) is 14.4 Å². The number of rotatable bonds is 33. The van der Waals surface area contributed by atoms with Crippen LogP contribution in [0.4, 0.5) is 0 Å². The van der Waals surface area contributed by atoms with E-state index in [1.54, 1.807) is 0 Å². The summed E-state index contributed by atoms with van der Waals surface area (Å²) in [7, 11) is 0. The van der Waals surface area contributed by atoms with Gasteiger partial charge in [-0.1, -0.05) is 124 Å². The summed E-state index contributed by atoms with van der Waals surface area (Å²) in [6, 6.07) is -1.40. The first-order valence-electron chi connectivity index (χ1n) is 19.6. The highest BCUT2D eigenvalue weighted by Crippen LogP contribution is 2.13. The number of aliphatic hydroxyl groups is 1. The lowest BCUT2D eigenvalue weighted by molar-refractivity contribution is -0.147. The molecule has 0 bridgehead atoms. The molecule has 2 atom stereocenters. The molecule has 0 aromatic heterocycles. The van der Waals surface area contributed by atoms with Crippen LogP contribution in [0.3, 0.4) is 0 Å². The first kappa shape index (κ1) is 48.8. The molecular formula is C44H68N2O7. The van der Waals surface area contributed by atoms with Crippen molar-refractivity contribution in [2.75, 3.05) is 13.2 Å². The number of esters is 1. The lowest BCUT2D eigenvalue weighted by Gasteiger charge is -2.14. The number of nitrogens with one attached hydrogen (secondary N) is 2. The van der Waals surface area contributed by atoms with E-state index in [9.17, 15) is 19.2 Å². The zero-order valence-electron chi connectivity index (χ0n) is 32.5. The summed E-state index contributed by atoms with van der Waals surface area (Å²) < 4.78 is 5.76. The van der Waals surface area contributed by atoms with Gasteiger partial charge in [0.2, 0.25) is 11.8 Å². The highest BCUT2D eigenvalue weighted by molar-refractivity contribution is 5.87. The lowest BCUT2D eigenvalue weighted by Crippen LogP contribution is -2.47. The fourth-order valence-electron chi connectivity index (χ4n) is 4.79. The number of ether oxygens (including phenoxy) is 1. The number of carboxylic acids is 1.